The number of amides is 1. The van der Waals surface area contributed by atoms with Crippen molar-refractivity contribution in [3.05, 3.63) is 54.4 Å². The van der Waals surface area contributed by atoms with Gasteiger partial charge in [0.25, 0.3) is 0 Å². The van der Waals surface area contributed by atoms with Crippen molar-refractivity contribution >= 4 is 17.7 Å². The van der Waals surface area contributed by atoms with Gasteiger partial charge in [0, 0.05) is 37.3 Å². The van der Waals surface area contributed by atoms with Gasteiger partial charge in [-0.15, -0.1) is 10.2 Å². The van der Waals surface area contributed by atoms with E-state index in [2.05, 4.69) is 26.6 Å². The van der Waals surface area contributed by atoms with E-state index in [4.69, 9.17) is 4.74 Å². The van der Waals surface area contributed by atoms with E-state index in [1.807, 2.05) is 41.8 Å². The largest absolute Gasteiger partial charge is 0.383 e. The third-order valence-electron chi connectivity index (χ3n) is 3.79. The third-order valence-corrected chi connectivity index (χ3v) is 4.72. The van der Waals surface area contributed by atoms with Gasteiger partial charge in [-0.2, -0.15) is 0 Å². The fourth-order valence-corrected chi connectivity index (χ4v) is 3.31. The highest BCUT2D eigenvalue weighted by atomic mass is 32.2. The maximum Gasteiger partial charge on any atom is 0.230 e. The molecule has 3 aromatic rings. The summed E-state index contributed by atoms with van der Waals surface area (Å²) in [6.07, 6.45) is 3.45. The van der Waals surface area contributed by atoms with Crippen LogP contribution in [0, 0.1) is 6.92 Å². The predicted molar refractivity (Wildman–Crippen MR) is 105 cm³/mol. The van der Waals surface area contributed by atoms with E-state index in [0.717, 1.165) is 16.8 Å². The van der Waals surface area contributed by atoms with Crippen LogP contribution in [0.15, 0.2) is 53.9 Å². The predicted octanol–water partition coefficient (Wildman–Crippen LogP) is 2.49. The summed E-state index contributed by atoms with van der Waals surface area (Å²) in [7, 11) is 1.60. The molecule has 7 nitrogen and oxygen atoms in total. The Morgan fingerprint density at radius 3 is 2.78 bits per heavy atom. The van der Waals surface area contributed by atoms with Crippen molar-refractivity contribution in [3.8, 4) is 17.1 Å². The number of nitrogens with zero attached hydrogens (tertiary/aromatic N) is 4. The number of hydrogen-bond acceptors (Lipinski definition) is 6. The lowest BCUT2D eigenvalue weighted by atomic mass is 10.2. The third kappa shape index (κ3) is 4.93. The van der Waals surface area contributed by atoms with Crippen molar-refractivity contribution in [2.75, 3.05) is 26.0 Å². The van der Waals surface area contributed by atoms with Gasteiger partial charge in [0.1, 0.15) is 0 Å². The van der Waals surface area contributed by atoms with E-state index in [1.54, 1.807) is 19.5 Å². The van der Waals surface area contributed by atoms with E-state index in [0.29, 0.717) is 24.1 Å². The Bertz CT molecular complexity index is 898. The van der Waals surface area contributed by atoms with E-state index in [-0.39, 0.29) is 11.7 Å². The lowest BCUT2D eigenvalue weighted by molar-refractivity contribution is -0.118. The zero-order valence-electron chi connectivity index (χ0n) is 15.3. The van der Waals surface area contributed by atoms with Crippen molar-refractivity contribution in [1.29, 1.82) is 0 Å². The first-order chi connectivity index (χ1) is 13.2. The summed E-state index contributed by atoms with van der Waals surface area (Å²) in [4.78, 5) is 16.1. The van der Waals surface area contributed by atoms with E-state index >= 15 is 0 Å². The van der Waals surface area contributed by atoms with Gasteiger partial charge in [-0.1, -0.05) is 23.9 Å². The van der Waals surface area contributed by atoms with Gasteiger partial charge in [-0.05, 0) is 36.8 Å². The Labute approximate surface area is 162 Å². The molecule has 1 amide bonds. The Balaban J connectivity index is 1.88. The van der Waals surface area contributed by atoms with Gasteiger partial charge < -0.3 is 10.1 Å². The van der Waals surface area contributed by atoms with Crippen LogP contribution in [0.3, 0.4) is 0 Å². The van der Waals surface area contributed by atoms with Gasteiger partial charge in [0.15, 0.2) is 11.0 Å². The molecule has 0 aliphatic heterocycles. The van der Waals surface area contributed by atoms with Gasteiger partial charge in [-0.25, -0.2) is 0 Å². The maximum atomic E-state index is 12.0. The second-order valence-electron chi connectivity index (χ2n) is 5.85. The molecule has 27 heavy (non-hydrogen) atoms. The number of aromatic nitrogens is 4. The zero-order valence-corrected chi connectivity index (χ0v) is 16.1. The number of aryl methyl sites for hydroxylation is 1. The quantitative estimate of drug-likeness (QED) is 0.475. The molecule has 2 heterocycles. The second-order valence-corrected chi connectivity index (χ2v) is 6.79. The number of pyridine rings is 1. The number of thioether (sulfide) groups is 1. The van der Waals surface area contributed by atoms with E-state index < -0.39 is 0 Å². The summed E-state index contributed by atoms with van der Waals surface area (Å²) in [5, 5.41) is 12.1. The van der Waals surface area contributed by atoms with Crippen LogP contribution in [0.2, 0.25) is 0 Å². The Morgan fingerprint density at radius 2 is 2.04 bits per heavy atom. The van der Waals surface area contributed by atoms with Crippen molar-refractivity contribution in [3.63, 3.8) is 0 Å². The minimum Gasteiger partial charge on any atom is -0.383 e. The van der Waals surface area contributed by atoms with Crippen molar-refractivity contribution in [2.24, 2.45) is 0 Å². The number of methoxy groups -OCH3 is 1. The average Bonchev–Trinajstić information content (AvgIpc) is 3.11. The number of hydrogen-bond donors (Lipinski definition) is 1. The van der Waals surface area contributed by atoms with Crippen LogP contribution in [0.1, 0.15) is 5.56 Å². The smallest absolute Gasteiger partial charge is 0.230 e. The van der Waals surface area contributed by atoms with Gasteiger partial charge in [-0.3, -0.25) is 14.3 Å². The average molecular weight is 383 g/mol. The van der Waals surface area contributed by atoms with E-state index in [9.17, 15) is 4.79 Å². The van der Waals surface area contributed by atoms with Crippen molar-refractivity contribution in [2.45, 2.75) is 12.1 Å². The molecule has 8 heteroatoms. The topological polar surface area (TPSA) is 81.9 Å². The van der Waals surface area contributed by atoms with Gasteiger partial charge in [0.05, 0.1) is 12.4 Å². The summed E-state index contributed by atoms with van der Waals surface area (Å²) in [5.74, 6) is 0.899. The molecule has 2 aromatic heterocycles. The SMILES string of the molecule is COCCNC(=O)CSc1nnc(-c2ccncc2)n1-c1cccc(C)c1. The number of nitrogens with one attached hydrogen (secondary N) is 1. The highest BCUT2D eigenvalue weighted by Gasteiger charge is 2.17. The molecular weight excluding hydrogens is 362 g/mol. The van der Waals surface area contributed by atoms with Crippen molar-refractivity contribution in [1.82, 2.24) is 25.1 Å². The van der Waals surface area contributed by atoms with Crippen LogP contribution in [-0.2, 0) is 9.53 Å². The molecule has 0 spiro atoms. The molecule has 140 valence electrons. The normalized spacial score (nSPS) is 10.7. The first-order valence-corrected chi connectivity index (χ1v) is 9.49. The minimum atomic E-state index is -0.0682. The van der Waals surface area contributed by atoms with Crippen LogP contribution in [0.25, 0.3) is 17.1 Å². The van der Waals surface area contributed by atoms with Crippen LogP contribution in [0.5, 0.6) is 0 Å². The monoisotopic (exact) mass is 383 g/mol. The molecule has 0 fully saturated rings. The summed E-state index contributed by atoms with van der Waals surface area (Å²) in [6, 6.07) is 11.9. The minimum absolute atomic E-state index is 0.0682. The Morgan fingerprint density at radius 1 is 1.22 bits per heavy atom. The highest BCUT2D eigenvalue weighted by Crippen LogP contribution is 2.27. The lowest BCUT2D eigenvalue weighted by Gasteiger charge is -2.11. The summed E-state index contributed by atoms with van der Waals surface area (Å²) < 4.78 is 6.91. The second kappa shape index (κ2) is 9.29. The molecule has 0 bridgehead atoms. The zero-order chi connectivity index (χ0) is 19.1. The van der Waals surface area contributed by atoms with Crippen LogP contribution in [-0.4, -0.2) is 51.7 Å². The Kier molecular flexibility index (Phi) is 6.56. The molecule has 3 rings (SSSR count). The van der Waals surface area contributed by atoms with Gasteiger partial charge in [0.2, 0.25) is 5.91 Å². The molecule has 0 aliphatic rings. The molecule has 1 N–H and O–H groups in total. The number of benzene rings is 1. The number of ether oxygens (including phenoxy) is 1. The summed E-state index contributed by atoms with van der Waals surface area (Å²) in [6.45, 7) is 3.01. The molecule has 0 radical (unpaired) electrons. The van der Waals surface area contributed by atoms with Crippen LogP contribution in [0.4, 0.5) is 0 Å². The first kappa shape index (κ1) is 19.1. The molecule has 0 saturated heterocycles. The van der Waals surface area contributed by atoms with E-state index in [1.165, 1.54) is 11.8 Å². The van der Waals surface area contributed by atoms with Crippen LogP contribution >= 0.6 is 11.8 Å². The summed E-state index contributed by atoms with van der Waals surface area (Å²) >= 11 is 1.35. The fourth-order valence-electron chi connectivity index (χ4n) is 2.52. The maximum absolute atomic E-state index is 12.0. The molecule has 0 atom stereocenters. The molecule has 0 aliphatic carbocycles. The standard InChI is InChI=1S/C19H21N5O2S/c1-14-4-3-5-16(12-14)24-18(15-6-8-20-9-7-15)22-23-19(24)27-13-17(25)21-10-11-26-2/h3-9,12H,10-11,13H2,1-2H3,(H,21,25). The molecular formula is C19H21N5O2S. The molecule has 0 saturated carbocycles. The van der Waals surface area contributed by atoms with Crippen molar-refractivity contribution < 1.29 is 9.53 Å². The Hall–Kier alpha value is -2.71. The number of carbonyl (C=O) groups is 1. The molecule has 0 unspecified atom stereocenters. The lowest BCUT2D eigenvalue weighted by Crippen LogP contribution is -2.28. The molecule has 1 aromatic carbocycles. The van der Waals surface area contributed by atoms with Crippen LogP contribution < -0.4 is 5.32 Å². The first-order valence-electron chi connectivity index (χ1n) is 8.50. The highest BCUT2D eigenvalue weighted by molar-refractivity contribution is 7.99. The summed E-state index contributed by atoms with van der Waals surface area (Å²) in [5.41, 5.74) is 3.00. The number of rotatable bonds is 8. The van der Waals surface area contributed by atoms with Gasteiger partial charge >= 0.3 is 0 Å². The number of carbonyl (C=O) groups excluding carboxylic acids is 1. The fraction of sp³-hybridized carbons (Fsp3) is 0.263.